The van der Waals surface area contributed by atoms with E-state index in [-0.39, 0.29) is 30.4 Å². The van der Waals surface area contributed by atoms with Crippen LogP contribution >= 0.6 is 0 Å². The van der Waals surface area contributed by atoms with Gasteiger partial charge in [-0.1, -0.05) is 6.07 Å². The lowest BCUT2D eigenvalue weighted by molar-refractivity contribution is -0.189. The number of aromatic hydroxyl groups is 1. The van der Waals surface area contributed by atoms with Crippen molar-refractivity contribution in [1.29, 1.82) is 0 Å². The number of carbonyl (C=O) groups excluding carboxylic acids is 2. The van der Waals surface area contributed by atoms with Gasteiger partial charge < -0.3 is 19.9 Å². The largest absolute Gasteiger partial charge is 0.503 e. The maximum Gasteiger partial charge on any atom is 0.274 e. The Morgan fingerprint density at radius 2 is 2.08 bits per heavy atom. The number of amides is 2. The zero-order valence-electron chi connectivity index (χ0n) is 19.9. The Morgan fingerprint density at radius 1 is 1.33 bits per heavy atom. The summed E-state index contributed by atoms with van der Waals surface area (Å²) in [4.78, 5) is 51.7. The van der Waals surface area contributed by atoms with Crippen LogP contribution in [0.1, 0.15) is 59.1 Å². The molecule has 0 aliphatic carbocycles. The van der Waals surface area contributed by atoms with Gasteiger partial charge in [-0.05, 0) is 26.3 Å². The maximum atomic E-state index is 14.0. The number of fused-ring (bicyclic) bond motifs is 5. The molecule has 2 aromatic rings. The summed E-state index contributed by atoms with van der Waals surface area (Å²) in [7, 11) is 1.71. The first-order chi connectivity index (χ1) is 17.0. The minimum atomic E-state index is -1.11. The topological polar surface area (TPSA) is 116 Å². The second-order valence-corrected chi connectivity index (χ2v) is 9.35. The van der Waals surface area contributed by atoms with Crippen LogP contribution in [0.4, 0.5) is 8.78 Å². The zero-order chi connectivity index (χ0) is 25.9. The Labute approximate surface area is 204 Å². The van der Waals surface area contributed by atoms with Crippen LogP contribution in [-0.4, -0.2) is 62.6 Å². The normalized spacial score (nSPS) is 25.0. The Hall–Kier alpha value is -3.80. The van der Waals surface area contributed by atoms with E-state index in [1.54, 1.807) is 18.9 Å². The van der Waals surface area contributed by atoms with Gasteiger partial charge >= 0.3 is 0 Å². The summed E-state index contributed by atoms with van der Waals surface area (Å²) in [5.41, 5.74) is -2.79. The monoisotopic (exact) mass is 501 g/mol. The molecule has 3 aliphatic rings. The van der Waals surface area contributed by atoms with Gasteiger partial charge in [-0.25, -0.2) is 23.7 Å². The fraction of sp³-hybridized carbons (Fsp3) is 0.417. The van der Waals surface area contributed by atoms with E-state index >= 15 is 0 Å². The molecule has 36 heavy (non-hydrogen) atoms. The minimum absolute atomic E-state index is 0.0155. The van der Waals surface area contributed by atoms with E-state index in [1.807, 2.05) is 6.92 Å². The Balaban J connectivity index is 1.57. The first-order valence-corrected chi connectivity index (χ1v) is 11.5. The second kappa shape index (κ2) is 8.40. The summed E-state index contributed by atoms with van der Waals surface area (Å²) in [6.45, 7) is 3.54. The molecule has 3 aliphatic heterocycles. The number of hydroxylamine groups is 2. The second-order valence-electron chi connectivity index (χ2n) is 9.35. The lowest BCUT2D eigenvalue weighted by Crippen LogP contribution is -2.52. The van der Waals surface area contributed by atoms with E-state index in [2.05, 4.69) is 5.32 Å². The highest BCUT2D eigenvalue weighted by atomic mass is 19.1. The van der Waals surface area contributed by atoms with Crippen LogP contribution < -0.4 is 10.7 Å². The van der Waals surface area contributed by atoms with E-state index in [0.29, 0.717) is 24.7 Å². The van der Waals surface area contributed by atoms with E-state index in [1.165, 1.54) is 21.9 Å². The molecule has 2 amide bonds. The number of hydrogen-bond acceptors (Lipinski definition) is 7. The number of hydrogen-bond donors (Lipinski definition) is 2. The van der Waals surface area contributed by atoms with Crippen molar-refractivity contribution in [2.75, 3.05) is 13.6 Å². The quantitative estimate of drug-likeness (QED) is 0.664. The number of halogens is 2. The van der Waals surface area contributed by atoms with Crippen molar-refractivity contribution in [2.45, 2.75) is 51.0 Å². The van der Waals surface area contributed by atoms with Crippen molar-refractivity contribution in [3.8, 4) is 5.75 Å². The van der Waals surface area contributed by atoms with Crippen molar-refractivity contribution in [2.24, 2.45) is 4.99 Å². The molecule has 4 heterocycles. The van der Waals surface area contributed by atoms with Gasteiger partial charge in [-0.2, -0.15) is 0 Å². The van der Waals surface area contributed by atoms with Gasteiger partial charge in [0, 0.05) is 50.4 Å². The highest BCUT2D eigenvalue weighted by molar-refractivity contribution is 5.99. The molecule has 1 aromatic carbocycles. The molecule has 1 spiro atoms. The molecule has 1 aromatic heterocycles. The van der Waals surface area contributed by atoms with E-state index < -0.39 is 52.0 Å². The number of carbonyl (C=O) groups is 2. The number of nitrogens with one attached hydrogen (secondary N) is 1. The Bertz CT molecular complexity index is 1380. The molecule has 10 nitrogen and oxygen atoms in total. The van der Waals surface area contributed by atoms with Gasteiger partial charge in [0.2, 0.25) is 11.2 Å². The lowest BCUT2D eigenvalue weighted by atomic mass is 9.97. The molecule has 2 bridgehead atoms. The molecule has 2 N–H and O–H groups in total. The van der Waals surface area contributed by atoms with Crippen LogP contribution in [0.3, 0.4) is 0 Å². The Kier molecular flexibility index (Phi) is 5.58. The van der Waals surface area contributed by atoms with Crippen LogP contribution in [-0.2, 0) is 11.4 Å². The molecule has 0 saturated carbocycles. The Morgan fingerprint density at radius 3 is 2.75 bits per heavy atom. The average molecular weight is 501 g/mol. The SMILES string of the molecule is CC1=N[C@]2(CC[C@H](C)N3C[C@H]2n2cc(C(=O)NCc4ccc(F)cc4F)c(=O)c(O)c2C3=O)ON1C. The predicted molar refractivity (Wildman–Crippen MR) is 123 cm³/mol. The van der Waals surface area contributed by atoms with Crippen LogP contribution in [0.2, 0.25) is 0 Å². The van der Waals surface area contributed by atoms with Crippen molar-refractivity contribution in [3.63, 3.8) is 0 Å². The highest BCUT2D eigenvalue weighted by Crippen LogP contribution is 2.45. The standard InChI is InChI=1S/C24H25F2N5O5/c1-12-6-7-24(28-13(2)29(3)36-24)18-11-30(12)23(35)19-21(33)20(32)16(10-31(18)19)22(34)27-9-14-4-5-15(25)8-17(14)26/h4-5,8,10,12,18,33H,6-7,9,11H2,1-3H3,(H,27,34)/t12-,18+,24+/m0/s1. The smallest absolute Gasteiger partial charge is 0.274 e. The number of aromatic nitrogens is 1. The minimum Gasteiger partial charge on any atom is -0.503 e. The molecular weight excluding hydrogens is 476 g/mol. The maximum absolute atomic E-state index is 14.0. The third-order valence-corrected chi connectivity index (χ3v) is 7.15. The van der Waals surface area contributed by atoms with Crippen molar-refractivity contribution < 1.29 is 28.3 Å². The summed E-state index contributed by atoms with van der Waals surface area (Å²) < 4.78 is 28.6. The van der Waals surface area contributed by atoms with Gasteiger partial charge in [0.25, 0.3) is 11.8 Å². The van der Waals surface area contributed by atoms with Crippen molar-refractivity contribution in [1.82, 2.24) is 19.8 Å². The molecule has 5 rings (SSSR count). The fourth-order valence-electron chi connectivity index (χ4n) is 5.05. The molecule has 1 saturated heterocycles. The van der Waals surface area contributed by atoms with Crippen LogP contribution in [0.5, 0.6) is 5.75 Å². The van der Waals surface area contributed by atoms with Crippen molar-refractivity contribution in [3.05, 3.63) is 63.1 Å². The first kappa shape index (κ1) is 23.9. The fourth-order valence-corrected chi connectivity index (χ4v) is 5.05. The number of rotatable bonds is 3. The molecular formula is C24H25F2N5O5. The molecule has 0 unspecified atom stereocenters. The number of pyridine rings is 1. The van der Waals surface area contributed by atoms with Crippen LogP contribution in [0.25, 0.3) is 0 Å². The van der Waals surface area contributed by atoms with E-state index in [4.69, 9.17) is 9.83 Å². The number of amidine groups is 1. The molecule has 190 valence electrons. The number of nitrogens with zero attached hydrogens (tertiary/aromatic N) is 4. The van der Waals surface area contributed by atoms with Gasteiger partial charge in [0.15, 0.2) is 11.4 Å². The van der Waals surface area contributed by atoms with Gasteiger partial charge in [-0.15, -0.1) is 0 Å². The summed E-state index contributed by atoms with van der Waals surface area (Å²) in [5, 5.41) is 14.8. The van der Waals surface area contributed by atoms with Gasteiger partial charge in [0.05, 0.1) is 0 Å². The van der Waals surface area contributed by atoms with Gasteiger partial charge in [-0.3, -0.25) is 14.4 Å². The summed E-state index contributed by atoms with van der Waals surface area (Å²) in [6, 6.07) is 2.09. The highest BCUT2D eigenvalue weighted by Gasteiger charge is 2.54. The van der Waals surface area contributed by atoms with Gasteiger partial charge in [0.1, 0.15) is 29.1 Å². The molecule has 1 fully saturated rings. The molecule has 12 heteroatoms. The lowest BCUT2D eigenvalue weighted by Gasteiger charge is -2.41. The number of aliphatic imine (C=N–C) groups is 1. The summed E-state index contributed by atoms with van der Waals surface area (Å²) in [5.74, 6) is -3.26. The first-order valence-electron chi connectivity index (χ1n) is 11.5. The summed E-state index contributed by atoms with van der Waals surface area (Å²) >= 11 is 0. The zero-order valence-corrected chi connectivity index (χ0v) is 19.9. The van der Waals surface area contributed by atoms with Crippen LogP contribution in [0, 0.1) is 11.6 Å². The molecule has 3 atom stereocenters. The third-order valence-electron chi connectivity index (χ3n) is 7.15. The number of benzene rings is 1. The molecule has 0 radical (unpaired) electrons. The van der Waals surface area contributed by atoms with Crippen LogP contribution in [0.15, 0.2) is 34.2 Å². The van der Waals surface area contributed by atoms with Crippen molar-refractivity contribution >= 4 is 17.6 Å². The third kappa shape index (κ3) is 3.63. The van der Waals surface area contributed by atoms with E-state index in [0.717, 1.165) is 6.07 Å². The average Bonchev–Trinajstić information content (AvgIpc) is 3.06. The van der Waals surface area contributed by atoms with E-state index in [9.17, 15) is 28.3 Å². The summed E-state index contributed by atoms with van der Waals surface area (Å²) in [6.07, 6.45) is 2.25. The predicted octanol–water partition coefficient (Wildman–Crippen LogP) is 1.93.